The van der Waals surface area contributed by atoms with Crippen LogP contribution in [0.5, 0.6) is 0 Å². The Kier molecular flexibility index (Phi) is 7.50. The molecule has 7 heavy (non-hydrogen) atoms. The largest absolute Gasteiger partial charge is 0.513 e. The van der Waals surface area contributed by atoms with Crippen LogP contribution in [0, 0.1) is 0 Å². The summed E-state index contributed by atoms with van der Waals surface area (Å²) in [7, 11) is 0. The molecule has 0 aliphatic heterocycles. The Bertz CT molecular complexity index is 70.1. The molecule has 4 nitrogen and oxygen atoms in total. The van der Waals surface area contributed by atoms with E-state index in [-0.39, 0.29) is 23.0 Å². The summed E-state index contributed by atoms with van der Waals surface area (Å²) in [5.74, 6) is 0. The van der Waals surface area contributed by atoms with Gasteiger partial charge in [-0.2, -0.15) is 0 Å². The van der Waals surface area contributed by atoms with Crippen LogP contribution in [0.15, 0.2) is 0 Å². The number of ether oxygens (including phenoxy) is 1. The first-order valence-corrected chi connectivity index (χ1v) is 1.10. The van der Waals surface area contributed by atoms with Gasteiger partial charge in [-0.1, -0.05) is 0 Å². The van der Waals surface area contributed by atoms with Gasteiger partial charge in [0.25, 0.3) is 0 Å². The van der Waals surface area contributed by atoms with Crippen LogP contribution in [0.2, 0.25) is 0 Å². The van der Waals surface area contributed by atoms with Crippen molar-refractivity contribution in [1.29, 1.82) is 0 Å². The quantitative estimate of drug-likeness (QED) is 0.243. The Hall–Kier alpha value is -0.566. The van der Waals surface area contributed by atoms with Gasteiger partial charge in [-0.25, -0.2) is 4.79 Å². The van der Waals surface area contributed by atoms with Crippen LogP contribution in [-0.2, 0) is 26.0 Å². The third kappa shape index (κ3) is 10.8. The van der Waals surface area contributed by atoms with Gasteiger partial charge in [0.15, 0.2) is 0 Å². The van der Waals surface area contributed by atoms with Crippen molar-refractivity contribution in [3.05, 3.63) is 0 Å². The Morgan fingerprint density at radius 3 is 2.14 bits per heavy atom. The number of rotatable bonds is 1. The fourth-order valence-electron chi connectivity index (χ4n) is 0.0412. The monoisotopic (exact) mass is 148 g/mol. The van der Waals surface area contributed by atoms with Crippen LogP contribution in [0.25, 0.3) is 0 Å². The molecule has 0 amide bonds. The molecule has 0 saturated heterocycles. The molecule has 5 heteroatoms. The number of hydrogen-bond acceptors (Lipinski definition) is 3. The summed E-state index contributed by atoms with van der Waals surface area (Å²) in [6.07, 6.45) is -1.58. The van der Waals surface area contributed by atoms with Crippen LogP contribution >= 0.6 is 0 Å². The van der Waals surface area contributed by atoms with E-state index in [9.17, 15) is 0 Å². The molecule has 0 aromatic carbocycles. The van der Waals surface area contributed by atoms with Gasteiger partial charge in [-0.3, -0.25) is 4.79 Å². The van der Waals surface area contributed by atoms with Crippen molar-refractivity contribution in [3.63, 3.8) is 0 Å². The minimum absolute atomic E-state index is 0. The SMILES string of the molecule is O=COC(=O)O.[Ni]. The maximum atomic E-state index is 9.15. The zero-order valence-electron chi connectivity index (χ0n) is 3.07. The summed E-state index contributed by atoms with van der Waals surface area (Å²) in [6, 6.07) is 0. The molecule has 0 heterocycles. The van der Waals surface area contributed by atoms with Gasteiger partial charge in [0.1, 0.15) is 0 Å². The van der Waals surface area contributed by atoms with Crippen LogP contribution in [0.3, 0.4) is 0 Å². The van der Waals surface area contributed by atoms with Crippen LogP contribution < -0.4 is 0 Å². The van der Waals surface area contributed by atoms with Gasteiger partial charge in [-0.15, -0.1) is 0 Å². The molecule has 0 rings (SSSR count). The van der Waals surface area contributed by atoms with E-state index in [0.717, 1.165) is 0 Å². The Balaban J connectivity index is 0. The summed E-state index contributed by atoms with van der Waals surface area (Å²) in [5, 5.41) is 7.46. The van der Waals surface area contributed by atoms with E-state index < -0.39 is 6.16 Å². The van der Waals surface area contributed by atoms with E-state index >= 15 is 0 Å². The predicted octanol–water partition coefficient (Wildman–Crippen LogP) is -0.165. The van der Waals surface area contributed by atoms with Crippen molar-refractivity contribution >= 4 is 12.6 Å². The van der Waals surface area contributed by atoms with Crippen molar-refractivity contribution in [2.24, 2.45) is 0 Å². The van der Waals surface area contributed by atoms with E-state index in [0.29, 0.717) is 0 Å². The minimum atomic E-state index is -1.58. The molecule has 44 valence electrons. The van der Waals surface area contributed by atoms with Crippen molar-refractivity contribution < 1.29 is 35.9 Å². The first-order chi connectivity index (χ1) is 2.77. The first-order valence-electron chi connectivity index (χ1n) is 1.10. The molecular formula is C2H2NiO4. The normalized spacial score (nSPS) is 5.71. The maximum Gasteiger partial charge on any atom is 0.513 e. The summed E-state index contributed by atoms with van der Waals surface area (Å²) in [5.41, 5.74) is 0. The second kappa shape index (κ2) is 5.43. The van der Waals surface area contributed by atoms with Crippen molar-refractivity contribution in [1.82, 2.24) is 0 Å². The van der Waals surface area contributed by atoms with Crippen LogP contribution in [0.1, 0.15) is 0 Å². The smallest absolute Gasteiger partial charge is 0.449 e. The molecule has 0 unspecified atom stereocenters. The Morgan fingerprint density at radius 2 is 2.14 bits per heavy atom. The minimum Gasteiger partial charge on any atom is -0.449 e. The Morgan fingerprint density at radius 1 is 1.71 bits per heavy atom. The van der Waals surface area contributed by atoms with Crippen molar-refractivity contribution in [3.8, 4) is 0 Å². The second-order valence-corrected chi connectivity index (χ2v) is 0.480. The van der Waals surface area contributed by atoms with Gasteiger partial charge in [-0.05, 0) is 0 Å². The average molecular weight is 149 g/mol. The van der Waals surface area contributed by atoms with Gasteiger partial charge in [0.2, 0.25) is 0 Å². The summed E-state index contributed by atoms with van der Waals surface area (Å²) in [4.78, 5) is 18.2. The molecule has 1 N–H and O–H groups in total. The van der Waals surface area contributed by atoms with E-state index in [1.165, 1.54) is 0 Å². The molecule has 0 aliphatic carbocycles. The zero-order valence-corrected chi connectivity index (χ0v) is 4.05. The van der Waals surface area contributed by atoms with Crippen LogP contribution in [0.4, 0.5) is 4.79 Å². The zero-order chi connectivity index (χ0) is 4.99. The number of hydrogen-bond donors (Lipinski definition) is 1. The first kappa shape index (κ1) is 9.66. The molecule has 0 aromatic heterocycles. The molecule has 0 saturated carbocycles. The van der Waals surface area contributed by atoms with E-state index in [4.69, 9.17) is 14.7 Å². The van der Waals surface area contributed by atoms with E-state index in [2.05, 4.69) is 4.74 Å². The third-order valence-electron chi connectivity index (χ3n) is 0.149. The van der Waals surface area contributed by atoms with E-state index in [1.54, 1.807) is 0 Å². The molecule has 0 aliphatic rings. The van der Waals surface area contributed by atoms with Gasteiger partial charge < -0.3 is 9.84 Å². The molecule has 0 spiro atoms. The third-order valence-corrected chi connectivity index (χ3v) is 0.149. The summed E-state index contributed by atoms with van der Waals surface area (Å²) in [6.45, 7) is -0.150. The maximum absolute atomic E-state index is 9.15. The van der Waals surface area contributed by atoms with E-state index in [1.807, 2.05) is 0 Å². The number of carbonyl (C=O) groups is 2. The van der Waals surface area contributed by atoms with Gasteiger partial charge >= 0.3 is 12.6 Å². The summed E-state index contributed by atoms with van der Waals surface area (Å²) < 4.78 is 3.28. The predicted molar refractivity (Wildman–Crippen MR) is 15.2 cm³/mol. The topological polar surface area (TPSA) is 63.6 Å². The second-order valence-electron chi connectivity index (χ2n) is 0.480. The van der Waals surface area contributed by atoms with Gasteiger partial charge in [0, 0.05) is 16.5 Å². The van der Waals surface area contributed by atoms with Gasteiger partial charge in [0.05, 0.1) is 0 Å². The molecule has 0 radical (unpaired) electrons. The average Bonchev–Trinajstić information content (AvgIpc) is 1.35. The molecule has 0 aromatic rings. The number of carboxylic acid groups (broad SMARTS) is 1. The number of carbonyl (C=O) groups excluding carboxylic acids is 1. The fourth-order valence-corrected chi connectivity index (χ4v) is 0.0412. The summed E-state index contributed by atoms with van der Waals surface area (Å²) >= 11 is 0. The van der Waals surface area contributed by atoms with Crippen molar-refractivity contribution in [2.75, 3.05) is 0 Å². The fraction of sp³-hybridized carbons (Fsp3) is 0. The van der Waals surface area contributed by atoms with Crippen LogP contribution in [-0.4, -0.2) is 17.7 Å². The molecular weight excluding hydrogens is 147 g/mol. The molecule has 0 bridgehead atoms. The molecule has 0 fully saturated rings. The standard InChI is InChI=1S/C2H2O4.Ni/c3-1-6-2(4)5;/h1H,(H,4,5);. The van der Waals surface area contributed by atoms with Crippen molar-refractivity contribution in [2.45, 2.75) is 0 Å². The molecule has 0 atom stereocenters. The Labute approximate surface area is 49.4 Å².